The molecular weight excluding hydrogens is 106 g/mol. The van der Waals surface area contributed by atoms with Gasteiger partial charge in [-0.2, -0.15) is 4.99 Å². The number of carbonyl (C=O) groups excluding carboxylic acids is 1. The number of rotatable bonds is 3. The molecule has 3 heteroatoms. The Morgan fingerprint density at radius 3 is 2.88 bits per heavy atom. The van der Waals surface area contributed by atoms with Crippen LogP contribution in [0.15, 0.2) is 4.99 Å². The van der Waals surface area contributed by atoms with E-state index in [9.17, 15) is 4.79 Å². The lowest BCUT2D eigenvalue weighted by molar-refractivity contribution is 0.173. The Morgan fingerprint density at radius 1 is 1.88 bits per heavy atom. The zero-order valence-corrected chi connectivity index (χ0v) is 4.79. The molecule has 0 heterocycles. The number of aliphatic imine (C=N–C) groups is 1. The number of hydrogen-bond donors (Lipinski definition) is 1. The van der Waals surface area contributed by atoms with Gasteiger partial charge in [-0.25, -0.2) is 4.79 Å². The van der Waals surface area contributed by atoms with Crippen LogP contribution in [0.3, 0.4) is 0 Å². The highest BCUT2D eigenvalue weighted by molar-refractivity contribution is 5.33. The second kappa shape index (κ2) is 4.50. The fraction of sp³-hybridized carbons (Fsp3) is 0.800. The second-order valence-electron chi connectivity index (χ2n) is 1.49. The van der Waals surface area contributed by atoms with Gasteiger partial charge in [0.05, 0.1) is 0 Å². The second-order valence-corrected chi connectivity index (χ2v) is 1.49. The van der Waals surface area contributed by atoms with Crippen molar-refractivity contribution in [1.82, 2.24) is 0 Å². The van der Waals surface area contributed by atoms with Crippen LogP contribution in [-0.2, 0) is 4.79 Å². The summed E-state index contributed by atoms with van der Waals surface area (Å²) in [6.45, 7) is 1.91. The molecule has 0 aromatic rings. The zero-order valence-electron chi connectivity index (χ0n) is 4.79. The van der Waals surface area contributed by atoms with E-state index in [1.807, 2.05) is 6.92 Å². The van der Waals surface area contributed by atoms with Crippen molar-refractivity contribution in [3.05, 3.63) is 0 Å². The topological polar surface area (TPSA) is 49.7 Å². The van der Waals surface area contributed by atoms with Crippen LogP contribution >= 0.6 is 0 Å². The molecule has 0 aromatic carbocycles. The van der Waals surface area contributed by atoms with Gasteiger partial charge in [-0.15, -0.1) is 0 Å². The van der Waals surface area contributed by atoms with Gasteiger partial charge in [0.2, 0.25) is 6.08 Å². The molecule has 0 saturated heterocycles. The highest BCUT2D eigenvalue weighted by Gasteiger charge is 1.94. The van der Waals surface area contributed by atoms with Gasteiger partial charge in [-0.05, 0) is 6.42 Å². The summed E-state index contributed by atoms with van der Waals surface area (Å²) in [5.74, 6) is 0. The molecule has 8 heavy (non-hydrogen) atoms. The molecule has 1 N–H and O–H groups in total. The van der Waals surface area contributed by atoms with Crippen LogP contribution in [0.5, 0.6) is 0 Å². The van der Waals surface area contributed by atoms with Gasteiger partial charge >= 0.3 is 0 Å². The first kappa shape index (κ1) is 7.34. The van der Waals surface area contributed by atoms with Gasteiger partial charge in [0.15, 0.2) is 6.23 Å². The molecule has 0 bridgehead atoms. The van der Waals surface area contributed by atoms with Crippen molar-refractivity contribution in [1.29, 1.82) is 0 Å². The Bertz CT molecular complexity index is 96.6. The standard InChI is InChI=1S/C5H9NO2/c1-2-3-5(8)6-4-7/h5,8H,2-3H2,1H3. The lowest BCUT2D eigenvalue weighted by atomic mass is 10.3. The van der Waals surface area contributed by atoms with Crippen molar-refractivity contribution in [2.75, 3.05) is 0 Å². The van der Waals surface area contributed by atoms with E-state index in [1.165, 1.54) is 6.08 Å². The van der Waals surface area contributed by atoms with Crippen LogP contribution < -0.4 is 0 Å². The Balaban J connectivity index is 3.31. The summed E-state index contributed by atoms with van der Waals surface area (Å²) in [7, 11) is 0. The summed E-state index contributed by atoms with van der Waals surface area (Å²) >= 11 is 0. The first-order valence-corrected chi connectivity index (χ1v) is 2.56. The van der Waals surface area contributed by atoms with Crippen LogP contribution in [0.2, 0.25) is 0 Å². The molecule has 0 aliphatic rings. The minimum absolute atomic E-state index is 0.537. The normalized spacial score (nSPS) is 12.2. The Hall–Kier alpha value is -0.660. The zero-order chi connectivity index (χ0) is 6.41. The maximum atomic E-state index is 9.44. The molecule has 0 rings (SSSR count). The van der Waals surface area contributed by atoms with E-state index < -0.39 is 6.23 Å². The Kier molecular flexibility index (Phi) is 4.13. The predicted molar refractivity (Wildman–Crippen MR) is 29.0 cm³/mol. The molecule has 0 saturated carbocycles. The molecule has 46 valence electrons. The predicted octanol–water partition coefficient (Wildman–Crippen LogP) is 0.441. The van der Waals surface area contributed by atoms with Crippen LogP contribution in [0, 0.1) is 0 Å². The molecule has 0 aliphatic heterocycles. The van der Waals surface area contributed by atoms with Gasteiger partial charge in [-0.1, -0.05) is 13.3 Å². The average molecular weight is 115 g/mol. The maximum absolute atomic E-state index is 9.44. The fourth-order valence-corrected chi connectivity index (χ4v) is 0.384. The van der Waals surface area contributed by atoms with Gasteiger partial charge in [0.25, 0.3) is 0 Å². The molecule has 0 amide bonds. The van der Waals surface area contributed by atoms with Crippen molar-refractivity contribution in [3.63, 3.8) is 0 Å². The molecule has 0 aromatic heterocycles. The SMILES string of the molecule is CCCC(O)N=C=O. The van der Waals surface area contributed by atoms with Crippen molar-refractivity contribution in [2.45, 2.75) is 26.0 Å². The van der Waals surface area contributed by atoms with Gasteiger partial charge in [0.1, 0.15) is 0 Å². The largest absolute Gasteiger partial charge is 0.371 e. The molecule has 1 unspecified atom stereocenters. The van der Waals surface area contributed by atoms with Crippen LogP contribution in [0.4, 0.5) is 0 Å². The van der Waals surface area contributed by atoms with E-state index >= 15 is 0 Å². The fourth-order valence-electron chi connectivity index (χ4n) is 0.384. The van der Waals surface area contributed by atoms with Crippen LogP contribution in [-0.4, -0.2) is 17.4 Å². The third-order valence-electron chi connectivity index (χ3n) is 0.749. The third kappa shape index (κ3) is 3.53. The lowest BCUT2D eigenvalue weighted by Crippen LogP contribution is -1.99. The third-order valence-corrected chi connectivity index (χ3v) is 0.749. The van der Waals surface area contributed by atoms with Crippen LogP contribution in [0.1, 0.15) is 19.8 Å². The van der Waals surface area contributed by atoms with E-state index in [0.717, 1.165) is 6.42 Å². The summed E-state index contributed by atoms with van der Waals surface area (Å²) in [5, 5.41) is 8.62. The number of aliphatic hydroxyl groups is 1. The van der Waals surface area contributed by atoms with Crippen molar-refractivity contribution in [3.8, 4) is 0 Å². The monoisotopic (exact) mass is 115 g/mol. The summed E-state index contributed by atoms with van der Waals surface area (Å²) in [5.41, 5.74) is 0. The number of hydrogen-bond acceptors (Lipinski definition) is 3. The summed E-state index contributed by atoms with van der Waals surface area (Å²) in [4.78, 5) is 12.5. The highest BCUT2D eigenvalue weighted by atomic mass is 16.3. The Labute approximate surface area is 48.1 Å². The number of aliphatic hydroxyl groups excluding tert-OH is 1. The van der Waals surface area contributed by atoms with Gasteiger partial charge < -0.3 is 5.11 Å². The van der Waals surface area contributed by atoms with Crippen molar-refractivity contribution < 1.29 is 9.90 Å². The quantitative estimate of drug-likeness (QED) is 0.428. The van der Waals surface area contributed by atoms with Crippen molar-refractivity contribution in [2.24, 2.45) is 4.99 Å². The molecular formula is C5H9NO2. The molecule has 0 radical (unpaired) electrons. The van der Waals surface area contributed by atoms with E-state index in [2.05, 4.69) is 4.99 Å². The van der Waals surface area contributed by atoms with E-state index in [4.69, 9.17) is 5.11 Å². The summed E-state index contributed by atoms with van der Waals surface area (Å²) < 4.78 is 0. The first-order valence-electron chi connectivity index (χ1n) is 2.56. The van der Waals surface area contributed by atoms with E-state index in [0.29, 0.717) is 6.42 Å². The van der Waals surface area contributed by atoms with Gasteiger partial charge in [0, 0.05) is 0 Å². The summed E-state index contributed by atoms with van der Waals surface area (Å²) in [6.07, 6.45) is 1.80. The molecule has 3 nitrogen and oxygen atoms in total. The van der Waals surface area contributed by atoms with E-state index in [1.54, 1.807) is 0 Å². The smallest absolute Gasteiger partial charge is 0.237 e. The van der Waals surface area contributed by atoms with Crippen LogP contribution in [0.25, 0.3) is 0 Å². The minimum atomic E-state index is -0.836. The first-order chi connectivity index (χ1) is 3.81. The van der Waals surface area contributed by atoms with E-state index in [-0.39, 0.29) is 0 Å². The average Bonchev–Trinajstić information content (AvgIpc) is 1.68. The summed E-state index contributed by atoms with van der Waals surface area (Å²) in [6, 6.07) is 0. The number of isocyanates is 1. The molecule has 0 aliphatic carbocycles. The number of nitrogens with zero attached hydrogens (tertiary/aromatic N) is 1. The van der Waals surface area contributed by atoms with Crippen molar-refractivity contribution >= 4 is 6.08 Å². The Morgan fingerprint density at radius 2 is 2.50 bits per heavy atom. The highest BCUT2D eigenvalue weighted by Crippen LogP contribution is 1.94. The molecule has 1 atom stereocenters. The van der Waals surface area contributed by atoms with Gasteiger partial charge in [-0.3, -0.25) is 0 Å². The lowest BCUT2D eigenvalue weighted by Gasteiger charge is -1.95. The minimum Gasteiger partial charge on any atom is -0.371 e. The molecule has 0 spiro atoms. The maximum Gasteiger partial charge on any atom is 0.237 e. The molecule has 0 fully saturated rings.